The third-order valence-corrected chi connectivity index (χ3v) is 4.34. The van der Waals surface area contributed by atoms with Crippen molar-refractivity contribution in [3.05, 3.63) is 47.1 Å². The predicted octanol–water partition coefficient (Wildman–Crippen LogP) is 3.76. The number of rotatable bonds is 5. The first-order chi connectivity index (χ1) is 11.6. The molecule has 2 aromatic rings. The summed E-state index contributed by atoms with van der Waals surface area (Å²) < 4.78 is 23.7. The lowest BCUT2D eigenvalue weighted by Gasteiger charge is -2.22. The predicted molar refractivity (Wildman–Crippen MR) is 86.3 cm³/mol. The van der Waals surface area contributed by atoms with E-state index >= 15 is 0 Å². The van der Waals surface area contributed by atoms with Gasteiger partial charge in [-0.3, -0.25) is 4.79 Å². The Bertz CT molecular complexity index is 691. The third-order valence-electron chi connectivity index (χ3n) is 4.34. The molecule has 3 rings (SSSR count). The number of nitrogens with one attached hydrogen (secondary N) is 1. The van der Waals surface area contributed by atoms with Crippen LogP contribution in [0.1, 0.15) is 53.9 Å². The number of nitrogens with zero attached hydrogens (tertiary/aromatic N) is 1. The van der Waals surface area contributed by atoms with E-state index in [4.69, 9.17) is 9.26 Å². The molecular formula is C18H21FN2O3. The molecule has 0 atom stereocenters. The third kappa shape index (κ3) is 3.93. The highest BCUT2D eigenvalue weighted by atomic mass is 19.1. The molecule has 0 radical (unpaired) electrons. The molecule has 0 unspecified atom stereocenters. The Balaban J connectivity index is 1.66. The van der Waals surface area contributed by atoms with Crippen LogP contribution in [0, 0.1) is 12.7 Å². The van der Waals surface area contributed by atoms with Gasteiger partial charge in [-0.15, -0.1) is 0 Å². The van der Waals surface area contributed by atoms with Gasteiger partial charge >= 0.3 is 0 Å². The fourth-order valence-electron chi connectivity index (χ4n) is 2.93. The molecule has 1 aliphatic rings. The second-order valence-corrected chi connectivity index (χ2v) is 6.12. The normalized spacial score (nSPS) is 15.2. The fourth-order valence-corrected chi connectivity index (χ4v) is 2.93. The molecule has 128 valence electrons. The molecule has 1 amide bonds. The van der Waals surface area contributed by atoms with Gasteiger partial charge in [0.05, 0.1) is 5.56 Å². The Kier molecular flexibility index (Phi) is 5.13. The maximum atomic E-state index is 12.9. The van der Waals surface area contributed by atoms with Crippen molar-refractivity contribution in [2.45, 2.75) is 51.7 Å². The van der Waals surface area contributed by atoms with E-state index in [-0.39, 0.29) is 30.1 Å². The molecule has 0 spiro atoms. The van der Waals surface area contributed by atoms with Gasteiger partial charge in [-0.05, 0) is 44.0 Å². The van der Waals surface area contributed by atoms with Gasteiger partial charge in [0.25, 0.3) is 5.91 Å². The van der Waals surface area contributed by atoms with E-state index in [1.54, 1.807) is 19.1 Å². The van der Waals surface area contributed by atoms with Crippen molar-refractivity contribution in [3.8, 4) is 5.75 Å². The molecule has 24 heavy (non-hydrogen) atoms. The zero-order chi connectivity index (χ0) is 16.9. The number of aromatic nitrogens is 1. The SMILES string of the molecule is Cc1onc(C(=O)NC2CCCCC2)c1COc1ccc(F)cc1. The molecule has 1 N–H and O–H groups in total. The van der Waals surface area contributed by atoms with Crippen molar-refractivity contribution in [2.24, 2.45) is 0 Å². The van der Waals surface area contributed by atoms with Crippen molar-refractivity contribution in [1.29, 1.82) is 0 Å². The molecular weight excluding hydrogens is 311 g/mol. The molecule has 0 bridgehead atoms. The number of hydrogen-bond acceptors (Lipinski definition) is 4. The van der Waals surface area contributed by atoms with Crippen LogP contribution in [-0.4, -0.2) is 17.1 Å². The van der Waals surface area contributed by atoms with Crippen LogP contribution in [0.5, 0.6) is 5.75 Å². The maximum absolute atomic E-state index is 12.9. The highest BCUT2D eigenvalue weighted by Gasteiger charge is 2.23. The average Bonchev–Trinajstić information content (AvgIpc) is 2.96. The Hall–Kier alpha value is -2.37. The Morgan fingerprint density at radius 3 is 2.71 bits per heavy atom. The van der Waals surface area contributed by atoms with Gasteiger partial charge in [0, 0.05) is 6.04 Å². The van der Waals surface area contributed by atoms with E-state index in [2.05, 4.69) is 10.5 Å². The zero-order valence-corrected chi connectivity index (χ0v) is 13.7. The summed E-state index contributed by atoms with van der Waals surface area (Å²) in [6, 6.07) is 5.94. The lowest BCUT2D eigenvalue weighted by atomic mass is 9.95. The van der Waals surface area contributed by atoms with Crippen molar-refractivity contribution in [3.63, 3.8) is 0 Å². The number of ether oxygens (including phenoxy) is 1. The molecule has 0 saturated heterocycles. The van der Waals surface area contributed by atoms with Crippen LogP contribution >= 0.6 is 0 Å². The van der Waals surface area contributed by atoms with Gasteiger partial charge in [0.2, 0.25) is 0 Å². The molecule has 1 heterocycles. The lowest BCUT2D eigenvalue weighted by Crippen LogP contribution is -2.36. The monoisotopic (exact) mass is 332 g/mol. The van der Waals surface area contributed by atoms with E-state index < -0.39 is 0 Å². The summed E-state index contributed by atoms with van der Waals surface area (Å²) in [5, 5.41) is 6.91. The van der Waals surface area contributed by atoms with Gasteiger partial charge < -0.3 is 14.6 Å². The van der Waals surface area contributed by atoms with E-state index in [0.717, 1.165) is 25.7 Å². The van der Waals surface area contributed by atoms with Crippen molar-refractivity contribution >= 4 is 5.91 Å². The molecule has 0 aliphatic heterocycles. The molecule has 6 heteroatoms. The number of benzene rings is 1. The Labute approximate surface area is 140 Å². The van der Waals surface area contributed by atoms with Gasteiger partial charge in [-0.25, -0.2) is 4.39 Å². The Morgan fingerprint density at radius 1 is 1.29 bits per heavy atom. The summed E-state index contributed by atoms with van der Waals surface area (Å²) in [5.74, 6) is 0.522. The van der Waals surface area contributed by atoms with Crippen LogP contribution in [0.25, 0.3) is 0 Å². The molecule has 1 saturated carbocycles. The van der Waals surface area contributed by atoms with Crippen molar-refractivity contribution in [2.75, 3.05) is 0 Å². The summed E-state index contributed by atoms with van der Waals surface area (Å²) in [4.78, 5) is 12.5. The van der Waals surface area contributed by atoms with E-state index in [1.807, 2.05) is 0 Å². The minimum Gasteiger partial charge on any atom is -0.489 e. The topological polar surface area (TPSA) is 64.4 Å². The van der Waals surface area contributed by atoms with Crippen LogP contribution in [0.3, 0.4) is 0 Å². The summed E-state index contributed by atoms with van der Waals surface area (Å²) in [5.41, 5.74) is 0.882. The first kappa shape index (κ1) is 16.5. The zero-order valence-electron chi connectivity index (χ0n) is 13.7. The van der Waals surface area contributed by atoms with Crippen molar-refractivity contribution < 1.29 is 18.4 Å². The minimum atomic E-state index is -0.323. The van der Waals surface area contributed by atoms with Crippen LogP contribution in [-0.2, 0) is 6.61 Å². The highest BCUT2D eigenvalue weighted by molar-refractivity contribution is 5.94. The summed E-state index contributed by atoms with van der Waals surface area (Å²) in [7, 11) is 0. The lowest BCUT2D eigenvalue weighted by molar-refractivity contribution is 0.0916. The second-order valence-electron chi connectivity index (χ2n) is 6.12. The highest BCUT2D eigenvalue weighted by Crippen LogP contribution is 2.21. The van der Waals surface area contributed by atoms with Crippen molar-refractivity contribution in [1.82, 2.24) is 10.5 Å². The van der Waals surface area contributed by atoms with Crippen LogP contribution < -0.4 is 10.1 Å². The smallest absolute Gasteiger partial charge is 0.274 e. The number of carbonyl (C=O) groups excluding carboxylic acids is 1. The van der Waals surface area contributed by atoms with Gasteiger partial charge in [0.1, 0.15) is 23.9 Å². The first-order valence-corrected chi connectivity index (χ1v) is 8.28. The Morgan fingerprint density at radius 2 is 2.00 bits per heavy atom. The standard InChI is InChI=1S/C18H21FN2O3/c1-12-16(11-23-15-9-7-13(19)8-10-15)17(21-24-12)18(22)20-14-5-3-2-4-6-14/h7-10,14H,2-6,11H2,1H3,(H,20,22). The summed E-state index contributed by atoms with van der Waals surface area (Å²) in [6.45, 7) is 1.89. The largest absolute Gasteiger partial charge is 0.489 e. The van der Waals surface area contributed by atoms with E-state index in [0.29, 0.717) is 17.1 Å². The van der Waals surface area contributed by atoms with Crippen LogP contribution in [0.4, 0.5) is 4.39 Å². The van der Waals surface area contributed by atoms with Gasteiger partial charge in [-0.2, -0.15) is 0 Å². The molecule has 1 aromatic carbocycles. The second kappa shape index (κ2) is 7.47. The van der Waals surface area contributed by atoms with Crippen LogP contribution in [0.2, 0.25) is 0 Å². The van der Waals surface area contributed by atoms with Gasteiger partial charge in [-0.1, -0.05) is 24.4 Å². The van der Waals surface area contributed by atoms with E-state index in [1.165, 1.54) is 18.6 Å². The van der Waals surface area contributed by atoms with E-state index in [9.17, 15) is 9.18 Å². The minimum absolute atomic E-state index is 0.147. The number of aryl methyl sites for hydroxylation is 1. The maximum Gasteiger partial charge on any atom is 0.274 e. The summed E-state index contributed by atoms with van der Waals surface area (Å²) >= 11 is 0. The molecule has 1 fully saturated rings. The molecule has 5 nitrogen and oxygen atoms in total. The number of amides is 1. The fraction of sp³-hybridized carbons (Fsp3) is 0.444. The number of carbonyl (C=O) groups is 1. The van der Waals surface area contributed by atoms with Crippen LogP contribution in [0.15, 0.2) is 28.8 Å². The number of hydrogen-bond donors (Lipinski definition) is 1. The van der Waals surface area contributed by atoms with Gasteiger partial charge in [0.15, 0.2) is 5.69 Å². The molecule has 1 aromatic heterocycles. The quantitative estimate of drug-likeness (QED) is 0.905. The average molecular weight is 332 g/mol. The first-order valence-electron chi connectivity index (χ1n) is 8.28. The molecule has 1 aliphatic carbocycles. The summed E-state index contributed by atoms with van der Waals surface area (Å²) in [6.07, 6.45) is 5.52. The number of halogens is 1.